The number of unbranched alkanes of at least 4 members (excludes halogenated alkanes) is 1. The van der Waals surface area contributed by atoms with Gasteiger partial charge in [-0.05, 0) is 86.1 Å². The van der Waals surface area contributed by atoms with E-state index in [-0.39, 0.29) is 16.8 Å². The van der Waals surface area contributed by atoms with E-state index in [4.69, 9.17) is 21.4 Å². The lowest BCUT2D eigenvalue weighted by atomic mass is 10.1. The summed E-state index contributed by atoms with van der Waals surface area (Å²) in [5.41, 5.74) is 4.33. The average molecular weight is 451 g/mol. The maximum Gasteiger partial charge on any atom is 0.338 e. The molecular weight excluding hydrogens is 424 g/mol. The van der Waals surface area contributed by atoms with Crippen LogP contribution in [0.1, 0.15) is 51.8 Å². The Hall–Kier alpha value is -3.45. The van der Waals surface area contributed by atoms with Crippen LogP contribution < -0.4 is 10.6 Å². The number of aryl methyl sites for hydroxylation is 2. The molecule has 0 bridgehead atoms. The van der Waals surface area contributed by atoms with Crippen LogP contribution in [0.15, 0.2) is 59.0 Å². The van der Waals surface area contributed by atoms with E-state index in [1.807, 2.05) is 39.0 Å². The summed E-state index contributed by atoms with van der Waals surface area (Å²) >= 11 is 5.22. The number of thiocarbonyl (C=S) groups is 1. The maximum absolute atomic E-state index is 12.5. The van der Waals surface area contributed by atoms with E-state index < -0.39 is 5.91 Å². The molecule has 0 fully saturated rings. The summed E-state index contributed by atoms with van der Waals surface area (Å²) < 4.78 is 10.9. The van der Waals surface area contributed by atoms with Gasteiger partial charge in [-0.25, -0.2) is 4.79 Å². The van der Waals surface area contributed by atoms with E-state index >= 15 is 0 Å². The number of rotatable bonds is 7. The molecule has 7 heteroatoms. The standard InChI is InChI=1S/C25H26N2O4S/c1-4-5-14-30-24(29)18-8-10-20(11-9-18)26-25(32)27-23(28)22-13-12-21(31-22)19-7-6-16(2)17(3)15-19/h6-13,15H,4-5,14H2,1-3H3,(H2,26,27,28,32). The van der Waals surface area contributed by atoms with Crippen molar-refractivity contribution in [2.45, 2.75) is 33.6 Å². The Morgan fingerprint density at radius 1 is 1.00 bits per heavy atom. The first-order chi connectivity index (χ1) is 15.4. The lowest BCUT2D eigenvalue weighted by Gasteiger charge is -2.09. The Morgan fingerprint density at radius 2 is 1.75 bits per heavy atom. The molecule has 0 atom stereocenters. The zero-order chi connectivity index (χ0) is 23.1. The molecule has 1 heterocycles. The van der Waals surface area contributed by atoms with Crippen LogP contribution in [0.25, 0.3) is 11.3 Å². The molecule has 3 rings (SSSR count). The van der Waals surface area contributed by atoms with Crippen molar-refractivity contribution in [2.75, 3.05) is 11.9 Å². The number of hydrogen-bond acceptors (Lipinski definition) is 5. The van der Waals surface area contributed by atoms with Crippen LogP contribution >= 0.6 is 12.2 Å². The van der Waals surface area contributed by atoms with Gasteiger partial charge in [0.05, 0.1) is 12.2 Å². The Labute approximate surface area is 193 Å². The Morgan fingerprint density at radius 3 is 2.44 bits per heavy atom. The lowest BCUT2D eigenvalue weighted by Crippen LogP contribution is -2.33. The molecule has 1 aromatic heterocycles. The summed E-state index contributed by atoms with van der Waals surface area (Å²) in [5, 5.41) is 5.64. The van der Waals surface area contributed by atoms with Crippen LogP contribution in [-0.4, -0.2) is 23.6 Å². The molecule has 0 aliphatic heterocycles. The van der Waals surface area contributed by atoms with Crippen LogP contribution in [0.4, 0.5) is 5.69 Å². The van der Waals surface area contributed by atoms with Crippen molar-refractivity contribution < 1.29 is 18.7 Å². The first kappa shape index (κ1) is 23.2. The molecule has 0 saturated heterocycles. The first-order valence-corrected chi connectivity index (χ1v) is 10.8. The molecule has 0 aliphatic rings. The second-order valence-electron chi connectivity index (χ2n) is 7.44. The number of nitrogens with one attached hydrogen (secondary N) is 2. The molecule has 2 N–H and O–H groups in total. The second kappa shape index (κ2) is 10.7. The van der Waals surface area contributed by atoms with Crippen LogP contribution in [0.3, 0.4) is 0 Å². The van der Waals surface area contributed by atoms with Crippen molar-refractivity contribution in [1.29, 1.82) is 0 Å². The zero-order valence-electron chi connectivity index (χ0n) is 18.4. The number of carbonyl (C=O) groups excluding carboxylic acids is 2. The molecule has 166 valence electrons. The smallest absolute Gasteiger partial charge is 0.338 e. The molecule has 0 spiro atoms. The van der Waals surface area contributed by atoms with E-state index in [0.29, 0.717) is 23.6 Å². The molecule has 0 radical (unpaired) electrons. The van der Waals surface area contributed by atoms with Gasteiger partial charge in [-0.15, -0.1) is 0 Å². The minimum Gasteiger partial charge on any atom is -0.462 e. The van der Waals surface area contributed by atoms with Crippen molar-refractivity contribution >= 4 is 34.9 Å². The fourth-order valence-electron chi connectivity index (χ4n) is 2.92. The first-order valence-electron chi connectivity index (χ1n) is 10.4. The molecular formula is C25H26N2O4S. The van der Waals surface area contributed by atoms with Gasteiger partial charge in [0, 0.05) is 11.3 Å². The highest BCUT2D eigenvalue weighted by molar-refractivity contribution is 7.80. The predicted octanol–water partition coefficient (Wildman–Crippen LogP) is 5.65. The van der Waals surface area contributed by atoms with Gasteiger partial charge < -0.3 is 14.5 Å². The summed E-state index contributed by atoms with van der Waals surface area (Å²) in [7, 11) is 0. The van der Waals surface area contributed by atoms with Crippen molar-refractivity contribution in [3.8, 4) is 11.3 Å². The second-order valence-corrected chi connectivity index (χ2v) is 7.85. The van der Waals surface area contributed by atoms with E-state index in [0.717, 1.165) is 24.0 Å². The highest BCUT2D eigenvalue weighted by atomic mass is 32.1. The van der Waals surface area contributed by atoms with Gasteiger partial charge >= 0.3 is 5.97 Å². The third-order valence-corrected chi connectivity index (χ3v) is 5.16. The number of anilines is 1. The van der Waals surface area contributed by atoms with Crippen molar-refractivity contribution in [3.05, 3.63) is 77.0 Å². The van der Waals surface area contributed by atoms with E-state index in [2.05, 4.69) is 10.6 Å². The number of ether oxygens (including phenoxy) is 1. The summed E-state index contributed by atoms with van der Waals surface area (Å²) in [6, 6.07) is 16.0. The van der Waals surface area contributed by atoms with Crippen molar-refractivity contribution in [2.24, 2.45) is 0 Å². The largest absolute Gasteiger partial charge is 0.462 e. The average Bonchev–Trinajstić information content (AvgIpc) is 3.27. The predicted molar refractivity (Wildman–Crippen MR) is 129 cm³/mol. The molecule has 32 heavy (non-hydrogen) atoms. The molecule has 2 aromatic carbocycles. The molecule has 0 aliphatic carbocycles. The van der Waals surface area contributed by atoms with Crippen molar-refractivity contribution in [1.82, 2.24) is 5.32 Å². The van der Waals surface area contributed by atoms with Gasteiger partial charge in [-0.1, -0.05) is 25.5 Å². The summed E-state index contributed by atoms with van der Waals surface area (Å²) in [6.07, 6.45) is 1.80. The van der Waals surface area contributed by atoms with Gasteiger partial charge in [0.15, 0.2) is 10.9 Å². The summed E-state index contributed by atoms with van der Waals surface area (Å²) in [6.45, 7) is 6.51. The SMILES string of the molecule is CCCCOC(=O)c1ccc(NC(=S)NC(=O)c2ccc(-c3ccc(C)c(C)c3)o2)cc1. The van der Waals surface area contributed by atoms with E-state index in [9.17, 15) is 9.59 Å². The summed E-state index contributed by atoms with van der Waals surface area (Å²) in [4.78, 5) is 24.4. The molecule has 3 aromatic rings. The van der Waals surface area contributed by atoms with E-state index in [1.54, 1.807) is 36.4 Å². The van der Waals surface area contributed by atoms with Gasteiger partial charge in [-0.3, -0.25) is 10.1 Å². The van der Waals surface area contributed by atoms with Crippen molar-refractivity contribution in [3.63, 3.8) is 0 Å². The van der Waals surface area contributed by atoms with Gasteiger partial charge in [-0.2, -0.15) is 0 Å². The van der Waals surface area contributed by atoms with E-state index in [1.165, 1.54) is 5.56 Å². The minimum atomic E-state index is -0.450. The molecule has 1 amide bonds. The number of carbonyl (C=O) groups is 2. The molecule has 0 saturated carbocycles. The zero-order valence-corrected chi connectivity index (χ0v) is 19.2. The highest BCUT2D eigenvalue weighted by Crippen LogP contribution is 2.24. The lowest BCUT2D eigenvalue weighted by molar-refractivity contribution is 0.0499. The highest BCUT2D eigenvalue weighted by Gasteiger charge is 2.14. The quantitative estimate of drug-likeness (QED) is 0.275. The van der Waals surface area contributed by atoms with Crippen LogP contribution in [-0.2, 0) is 4.74 Å². The topological polar surface area (TPSA) is 80.6 Å². The minimum absolute atomic E-state index is 0.123. The molecule has 6 nitrogen and oxygen atoms in total. The normalized spacial score (nSPS) is 10.5. The molecule has 0 unspecified atom stereocenters. The van der Waals surface area contributed by atoms with Crippen LogP contribution in [0.5, 0.6) is 0 Å². The van der Waals surface area contributed by atoms with Crippen LogP contribution in [0.2, 0.25) is 0 Å². The fraction of sp³-hybridized carbons (Fsp3) is 0.240. The van der Waals surface area contributed by atoms with Gasteiger partial charge in [0.25, 0.3) is 5.91 Å². The fourth-order valence-corrected chi connectivity index (χ4v) is 3.13. The number of amides is 1. The monoisotopic (exact) mass is 450 g/mol. The van der Waals surface area contributed by atoms with Crippen LogP contribution in [0, 0.1) is 13.8 Å². The van der Waals surface area contributed by atoms with Gasteiger partial charge in [0.1, 0.15) is 5.76 Å². The number of esters is 1. The maximum atomic E-state index is 12.5. The third kappa shape index (κ3) is 6.04. The summed E-state index contributed by atoms with van der Waals surface area (Å²) in [5.74, 6) is -0.0435. The number of hydrogen-bond donors (Lipinski definition) is 2. The Kier molecular flexibility index (Phi) is 7.78. The third-order valence-electron chi connectivity index (χ3n) is 4.96. The number of benzene rings is 2. The Bertz CT molecular complexity index is 1120. The van der Waals surface area contributed by atoms with Gasteiger partial charge in [0.2, 0.25) is 0 Å². The Balaban J connectivity index is 1.56. The number of furan rings is 1.